The standard InChI is InChI=1S/C9H20NO3/c1-5-7-10(4,9(3,11)12)13-8-6-2/h6,11-12H,2,5,7-8H2,1,3-4H3/q+1. The van der Waals surface area contributed by atoms with Gasteiger partial charge in [0, 0.05) is 0 Å². The second kappa shape index (κ2) is 4.72. The Balaban J connectivity index is 4.42. The van der Waals surface area contributed by atoms with Crippen LogP contribution in [0.5, 0.6) is 0 Å². The molecular formula is C9H20NO3+. The minimum absolute atomic E-state index is 0.241. The molecule has 0 radical (unpaired) electrons. The maximum Gasteiger partial charge on any atom is 0.341 e. The summed E-state index contributed by atoms with van der Waals surface area (Å²) in [5, 5.41) is 18.9. The van der Waals surface area contributed by atoms with E-state index in [1.165, 1.54) is 6.92 Å². The summed E-state index contributed by atoms with van der Waals surface area (Å²) in [6, 6.07) is 0. The van der Waals surface area contributed by atoms with E-state index in [9.17, 15) is 10.2 Å². The van der Waals surface area contributed by atoms with Crippen molar-refractivity contribution in [2.24, 2.45) is 0 Å². The van der Waals surface area contributed by atoms with Gasteiger partial charge in [0.2, 0.25) is 0 Å². The maximum atomic E-state index is 9.46. The zero-order valence-corrected chi connectivity index (χ0v) is 8.66. The molecule has 0 saturated heterocycles. The van der Waals surface area contributed by atoms with E-state index < -0.39 is 5.91 Å². The highest BCUT2D eigenvalue weighted by Gasteiger charge is 2.42. The van der Waals surface area contributed by atoms with E-state index in [0.29, 0.717) is 13.2 Å². The molecular weight excluding hydrogens is 170 g/mol. The third-order valence-corrected chi connectivity index (χ3v) is 2.02. The van der Waals surface area contributed by atoms with Crippen molar-refractivity contribution in [1.29, 1.82) is 0 Å². The molecule has 0 heterocycles. The predicted octanol–water partition coefficient (Wildman–Crippen LogP) is 0.619. The fourth-order valence-electron chi connectivity index (χ4n) is 1.04. The number of nitrogens with zero attached hydrogens (tertiary/aromatic N) is 1. The molecule has 2 N–H and O–H groups in total. The summed E-state index contributed by atoms with van der Waals surface area (Å²) in [6.45, 7) is 7.61. The molecule has 0 aliphatic carbocycles. The smallest absolute Gasteiger partial charge is 0.317 e. The Labute approximate surface area is 79.6 Å². The van der Waals surface area contributed by atoms with Crippen LogP contribution in [-0.4, -0.2) is 41.0 Å². The zero-order chi connectivity index (χ0) is 10.5. The topological polar surface area (TPSA) is 49.7 Å². The monoisotopic (exact) mass is 190 g/mol. The number of hydrogen-bond donors (Lipinski definition) is 2. The van der Waals surface area contributed by atoms with Gasteiger partial charge in [-0.1, -0.05) is 13.0 Å². The summed E-state index contributed by atoms with van der Waals surface area (Å²) in [7, 11) is 1.63. The van der Waals surface area contributed by atoms with Crippen molar-refractivity contribution in [3.05, 3.63) is 12.7 Å². The van der Waals surface area contributed by atoms with Crippen LogP contribution in [0.2, 0.25) is 0 Å². The van der Waals surface area contributed by atoms with Crippen LogP contribution in [-0.2, 0) is 4.84 Å². The Bertz CT molecular complexity index is 165. The van der Waals surface area contributed by atoms with Crippen LogP contribution in [0.3, 0.4) is 0 Å². The first kappa shape index (κ1) is 12.6. The molecule has 0 aromatic carbocycles. The lowest BCUT2D eigenvalue weighted by Gasteiger charge is -2.38. The number of aliphatic hydroxyl groups is 2. The average molecular weight is 190 g/mol. The van der Waals surface area contributed by atoms with Gasteiger partial charge in [-0.25, -0.2) is 0 Å². The zero-order valence-electron chi connectivity index (χ0n) is 8.66. The van der Waals surface area contributed by atoms with E-state index in [2.05, 4.69) is 6.58 Å². The van der Waals surface area contributed by atoms with Gasteiger partial charge in [0.15, 0.2) is 0 Å². The van der Waals surface area contributed by atoms with E-state index in [1.54, 1.807) is 13.1 Å². The Hall–Kier alpha value is -0.420. The van der Waals surface area contributed by atoms with Crippen LogP contribution in [0.15, 0.2) is 12.7 Å². The summed E-state index contributed by atoms with van der Waals surface area (Å²) in [4.78, 5) is 5.30. The third kappa shape index (κ3) is 3.44. The van der Waals surface area contributed by atoms with E-state index in [-0.39, 0.29) is 4.65 Å². The first-order chi connectivity index (χ1) is 5.87. The molecule has 0 aromatic rings. The van der Waals surface area contributed by atoms with E-state index in [1.807, 2.05) is 6.92 Å². The number of hydrogen-bond acceptors (Lipinski definition) is 3. The summed E-state index contributed by atoms with van der Waals surface area (Å²) in [6.07, 6.45) is 2.39. The molecule has 1 unspecified atom stereocenters. The van der Waals surface area contributed by atoms with Crippen LogP contribution in [0, 0.1) is 0 Å². The van der Waals surface area contributed by atoms with Crippen molar-refractivity contribution in [3.63, 3.8) is 0 Å². The van der Waals surface area contributed by atoms with E-state index >= 15 is 0 Å². The highest BCUT2D eigenvalue weighted by molar-refractivity contribution is 4.62. The lowest BCUT2D eigenvalue weighted by atomic mass is 10.4. The molecule has 0 saturated carbocycles. The highest BCUT2D eigenvalue weighted by Crippen LogP contribution is 2.18. The van der Waals surface area contributed by atoms with Gasteiger partial charge in [-0.2, -0.15) is 4.84 Å². The molecule has 1 atom stereocenters. The summed E-state index contributed by atoms with van der Waals surface area (Å²) in [5.41, 5.74) is 0. The Morgan fingerprint density at radius 1 is 1.54 bits per heavy atom. The van der Waals surface area contributed by atoms with Crippen LogP contribution < -0.4 is 0 Å². The second-order valence-corrected chi connectivity index (χ2v) is 3.38. The summed E-state index contributed by atoms with van der Waals surface area (Å²) >= 11 is 0. The first-order valence-corrected chi connectivity index (χ1v) is 4.43. The van der Waals surface area contributed by atoms with Crippen LogP contribution >= 0.6 is 0 Å². The van der Waals surface area contributed by atoms with Gasteiger partial charge in [-0.3, -0.25) is 0 Å². The Morgan fingerprint density at radius 2 is 2.08 bits per heavy atom. The second-order valence-electron chi connectivity index (χ2n) is 3.38. The molecule has 0 amide bonds. The summed E-state index contributed by atoms with van der Waals surface area (Å²) < 4.78 is -0.241. The van der Waals surface area contributed by atoms with Gasteiger partial charge in [-0.15, -0.1) is 11.2 Å². The van der Waals surface area contributed by atoms with Crippen molar-refractivity contribution < 1.29 is 19.7 Å². The van der Waals surface area contributed by atoms with E-state index in [4.69, 9.17) is 4.84 Å². The van der Waals surface area contributed by atoms with Gasteiger partial charge in [0.05, 0.1) is 6.92 Å². The minimum atomic E-state index is -1.88. The highest BCUT2D eigenvalue weighted by atomic mass is 16.8. The van der Waals surface area contributed by atoms with Crippen molar-refractivity contribution in [1.82, 2.24) is 0 Å². The van der Waals surface area contributed by atoms with Crippen molar-refractivity contribution in [2.45, 2.75) is 26.2 Å². The average Bonchev–Trinajstić information content (AvgIpc) is 1.99. The molecule has 0 rings (SSSR count). The number of quaternary nitrogens is 1. The van der Waals surface area contributed by atoms with Crippen LogP contribution in [0.25, 0.3) is 0 Å². The van der Waals surface area contributed by atoms with Gasteiger partial charge in [0.1, 0.15) is 20.2 Å². The molecule has 4 heteroatoms. The molecule has 0 aliphatic rings. The van der Waals surface area contributed by atoms with Gasteiger partial charge in [0.25, 0.3) is 0 Å². The van der Waals surface area contributed by atoms with Gasteiger partial charge >= 0.3 is 5.91 Å². The molecule has 0 fully saturated rings. The van der Waals surface area contributed by atoms with Gasteiger partial charge in [-0.05, 0) is 6.42 Å². The maximum absolute atomic E-state index is 9.46. The molecule has 4 nitrogen and oxygen atoms in total. The largest absolute Gasteiger partial charge is 0.341 e. The minimum Gasteiger partial charge on any atom is -0.317 e. The van der Waals surface area contributed by atoms with Gasteiger partial charge < -0.3 is 10.2 Å². The fourth-order valence-corrected chi connectivity index (χ4v) is 1.04. The van der Waals surface area contributed by atoms with Crippen LogP contribution in [0.4, 0.5) is 0 Å². The third-order valence-electron chi connectivity index (χ3n) is 2.02. The Morgan fingerprint density at radius 3 is 2.38 bits per heavy atom. The lowest BCUT2D eigenvalue weighted by molar-refractivity contribution is -1.16. The number of rotatable bonds is 6. The van der Waals surface area contributed by atoms with Crippen molar-refractivity contribution >= 4 is 0 Å². The fraction of sp³-hybridized carbons (Fsp3) is 0.778. The Kier molecular flexibility index (Phi) is 4.56. The molecule has 78 valence electrons. The molecule has 0 bridgehead atoms. The first-order valence-electron chi connectivity index (χ1n) is 4.43. The quantitative estimate of drug-likeness (QED) is 0.279. The lowest BCUT2D eigenvalue weighted by Crippen LogP contribution is -2.60. The van der Waals surface area contributed by atoms with Crippen LogP contribution in [0.1, 0.15) is 20.3 Å². The predicted molar refractivity (Wildman–Crippen MR) is 50.3 cm³/mol. The molecule has 0 aromatic heterocycles. The molecule has 13 heavy (non-hydrogen) atoms. The van der Waals surface area contributed by atoms with Crippen molar-refractivity contribution in [3.8, 4) is 0 Å². The van der Waals surface area contributed by atoms with Crippen molar-refractivity contribution in [2.75, 3.05) is 20.2 Å². The molecule has 0 aliphatic heterocycles. The summed E-state index contributed by atoms with van der Waals surface area (Å²) in [5.74, 6) is -1.88. The van der Waals surface area contributed by atoms with E-state index in [0.717, 1.165) is 6.42 Å². The SMILES string of the molecule is C=CCO[N+](C)(CCC)C(C)(O)O. The number of hydroxylamine groups is 3. The molecule has 0 spiro atoms. The normalized spacial score (nSPS) is 16.7.